The Hall–Kier alpha value is -2.76. The van der Waals surface area contributed by atoms with Crippen LogP contribution in [-0.4, -0.2) is 41.9 Å². The van der Waals surface area contributed by atoms with Gasteiger partial charge in [-0.25, -0.2) is 0 Å². The number of ether oxygens (including phenoxy) is 1. The normalized spacial score (nSPS) is 14.7. The number of amides is 1. The Morgan fingerprint density at radius 2 is 1.80 bits per heavy atom. The summed E-state index contributed by atoms with van der Waals surface area (Å²) in [7, 11) is 0. The van der Waals surface area contributed by atoms with Crippen LogP contribution in [0, 0.1) is 6.92 Å². The van der Waals surface area contributed by atoms with Gasteiger partial charge in [-0.2, -0.15) is 0 Å². The lowest BCUT2D eigenvalue weighted by atomic mass is 10.1. The van der Waals surface area contributed by atoms with E-state index >= 15 is 0 Å². The lowest BCUT2D eigenvalue weighted by Crippen LogP contribution is -2.48. The van der Waals surface area contributed by atoms with Gasteiger partial charge in [0.1, 0.15) is 18.1 Å². The van der Waals surface area contributed by atoms with Crippen LogP contribution < -0.4 is 4.74 Å². The first-order valence-corrected chi connectivity index (χ1v) is 10.5. The van der Waals surface area contributed by atoms with Crippen LogP contribution in [0.1, 0.15) is 27.4 Å². The molecule has 0 N–H and O–H groups in total. The van der Waals surface area contributed by atoms with E-state index in [9.17, 15) is 4.79 Å². The van der Waals surface area contributed by atoms with Gasteiger partial charge in [-0.1, -0.05) is 41.4 Å². The molecule has 0 unspecified atom stereocenters. The molecule has 0 radical (unpaired) electrons. The summed E-state index contributed by atoms with van der Waals surface area (Å²) in [5, 5.41) is 0.659. The minimum Gasteiger partial charge on any atom is -0.486 e. The van der Waals surface area contributed by atoms with Crippen molar-refractivity contribution in [3.05, 3.63) is 88.3 Å². The summed E-state index contributed by atoms with van der Waals surface area (Å²) in [4.78, 5) is 17.0. The molecule has 156 valence electrons. The zero-order valence-electron chi connectivity index (χ0n) is 17.0. The van der Waals surface area contributed by atoms with E-state index in [0.717, 1.165) is 19.6 Å². The van der Waals surface area contributed by atoms with Crippen LogP contribution in [0.2, 0.25) is 5.02 Å². The second-order valence-electron chi connectivity index (χ2n) is 7.57. The summed E-state index contributed by atoms with van der Waals surface area (Å²) >= 11 is 5.88. The first-order valence-electron chi connectivity index (χ1n) is 10.1. The molecule has 1 aliphatic rings. The SMILES string of the molecule is Cc1cccc(CN2CCN(C(=O)c3ccc(COc4ccc(Cl)cc4)o3)CC2)c1. The molecule has 1 fully saturated rings. The van der Waals surface area contributed by atoms with Gasteiger partial charge in [-0.15, -0.1) is 0 Å². The van der Waals surface area contributed by atoms with E-state index in [4.69, 9.17) is 20.8 Å². The Morgan fingerprint density at radius 3 is 2.53 bits per heavy atom. The number of hydrogen-bond donors (Lipinski definition) is 0. The smallest absolute Gasteiger partial charge is 0.289 e. The summed E-state index contributed by atoms with van der Waals surface area (Å²) in [6.07, 6.45) is 0. The molecule has 30 heavy (non-hydrogen) atoms. The van der Waals surface area contributed by atoms with Crippen LogP contribution in [0.4, 0.5) is 0 Å². The number of benzene rings is 2. The van der Waals surface area contributed by atoms with Gasteiger partial charge in [0, 0.05) is 37.7 Å². The standard InChI is InChI=1S/C24H25ClN2O3/c1-18-3-2-4-19(15-18)16-26-11-13-27(14-12-26)24(28)23-10-9-22(30-23)17-29-21-7-5-20(25)6-8-21/h2-10,15H,11-14,16-17H2,1H3. The molecular weight excluding hydrogens is 400 g/mol. The third-order valence-electron chi connectivity index (χ3n) is 5.22. The maximum atomic E-state index is 12.8. The molecule has 1 aromatic heterocycles. The van der Waals surface area contributed by atoms with E-state index in [0.29, 0.717) is 35.4 Å². The highest BCUT2D eigenvalue weighted by atomic mass is 35.5. The van der Waals surface area contributed by atoms with Crippen molar-refractivity contribution in [3.8, 4) is 5.75 Å². The fraction of sp³-hybridized carbons (Fsp3) is 0.292. The van der Waals surface area contributed by atoms with Gasteiger partial charge >= 0.3 is 0 Å². The van der Waals surface area contributed by atoms with Crippen molar-refractivity contribution in [1.82, 2.24) is 9.80 Å². The number of hydrogen-bond acceptors (Lipinski definition) is 4. The van der Waals surface area contributed by atoms with E-state index in [1.165, 1.54) is 11.1 Å². The fourth-order valence-corrected chi connectivity index (χ4v) is 3.72. The van der Waals surface area contributed by atoms with Crippen molar-refractivity contribution in [2.24, 2.45) is 0 Å². The van der Waals surface area contributed by atoms with Crippen molar-refractivity contribution in [2.45, 2.75) is 20.1 Å². The van der Waals surface area contributed by atoms with Crippen LogP contribution >= 0.6 is 11.6 Å². The molecule has 0 bridgehead atoms. The minimum absolute atomic E-state index is 0.0667. The summed E-state index contributed by atoms with van der Waals surface area (Å²) in [6.45, 7) is 6.39. The van der Waals surface area contributed by atoms with Crippen LogP contribution in [0.5, 0.6) is 5.75 Å². The molecule has 0 atom stereocenters. The molecule has 0 aliphatic carbocycles. The largest absolute Gasteiger partial charge is 0.486 e. The van der Waals surface area contributed by atoms with Gasteiger partial charge in [0.25, 0.3) is 5.91 Å². The van der Waals surface area contributed by atoms with E-state index < -0.39 is 0 Å². The van der Waals surface area contributed by atoms with Crippen LogP contribution in [0.25, 0.3) is 0 Å². The molecule has 3 aromatic rings. The number of piperazine rings is 1. The number of aryl methyl sites for hydroxylation is 1. The Morgan fingerprint density at radius 1 is 1.03 bits per heavy atom. The first-order chi connectivity index (χ1) is 14.6. The zero-order valence-corrected chi connectivity index (χ0v) is 17.8. The molecule has 2 aromatic carbocycles. The molecule has 6 heteroatoms. The van der Waals surface area contributed by atoms with Gasteiger partial charge in [-0.05, 0) is 48.9 Å². The molecule has 5 nitrogen and oxygen atoms in total. The van der Waals surface area contributed by atoms with Crippen molar-refractivity contribution in [3.63, 3.8) is 0 Å². The number of halogens is 1. The molecule has 1 amide bonds. The monoisotopic (exact) mass is 424 g/mol. The molecule has 0 spiro atoms. The van der Waals surface area contributed by atoms with E-state index in [-0.39, 0.29) is 12.5 Å². The highest BCUT2D eigenvalue weighted by molar-refractivity contribution is 6.30. The predicted molar refractivity (Wildman–Crippen MR) is 117 cm³/mol. The number of carbonyl (C=O) groups excluding carboxylic acids is 1. The fourth-order valence-electron chi connectivity index (χ4n) is 3.59. The maximum absolute atomic E-state index is 12.8. The molecule has 1 aliphatic heterocycles. The third kappa shape index (κ3) is 5.23. The quantitative estimate of drug-likeness (QED) is 0.571. The third-order valence-corrected chi connectivity index (χ3v) is 5.47. The molecular formula is C24H25ClN2O3. The molecule has 2 heterocycles. The average molecular weight is 425 g/mol. The number of furan rings is 1. The van der Waals surface area contributed by atoms with Gasteiger partial charge in [0.2, 0.25) is 0 Å². The van der Waals surface area contributed by atoms with Gasteiger partial charge in [0.05, 0.1) is 0 Å². The van der Waals surface area contributed by atoms with Crippen molar-refractivity contribution in [2.75, 3.05) is 26.2 Å². The minimum atomic E-state index is -0.0667. The van der Waals surface area contributed by atoms with Crippen LogP contribution in [0.3, 0.4) is 0 Å². The second-order valence-corrected chi connectivity index (χ2v) is 8.00. The number of rotatable bonds is 6. The summed E-state index contributed by atoms with van der Waals surface area (Å²) in [6, 6.07) is 19.2. The number of nitrogens with zero attached hydrogens (tertiary/aromatic N) is 2. The number of carbonyl (C=O) groups is 1. The average Bonchev–Trinajstić information content (AvgIpc) is 3.22. The van der Waals surface area contributed by atoms with Crippen LogP contribution in [-0.2, 0) is 13.2 Å². The second kappa shape index (κ2) is 9.37. The molecule has 4 rings (SSSR count). The highest BCUT2D eigenvalue weighted by Crippen LogP contribution is 2.19. The highest BCUT2D eigenvalue weighted by Gasteiger charge is 2.24. The van der Waals surface area contributed by atoms with E-state index in [2.05, 4.69) is 36.1 Å². The zero-order chi connectivity index (χ0) is 20.9. The van der Waals surface area contributed by atoms with Gasteiger partial charge in [0.15, 0.2) is 5.76 Å². The molecule has 0 saturated carbocycles. The van der Waals surface area contributed by atoms with E-state index in [1.54, 1.807) is 36.4 Å². The first kappa shape index (κ1) is 20.5. The maximum Gasteiger partial charge on any atom is 0.289 e. The topological polar surface area (TPSA) is 45.9 Å². The van der Waals surface area contributed by atoms with Crippen LogP contribution in [0.15, 0.2) is 65.1 Å². The Kier molecular flexibility index (Phi) is 6.41. The Bertz CT molecular complexity index is 992. The lowest BCUT2D eigenvalue weighted by Gasteiger charge is -2.34. The summed E-state index contributed by atoms with van der Waals surface area (Å²) < 4.78 is 11.4. The Labute approximate surface area is 181 Å². The van der Waals surface area contributed by atoms with Gasteiger partial charge < -0.3 is 14.1 Å². The summed E-state index contributed by atoms with van der Waals surface area (Å²) in [5.41, 5.74) is 2.58. The van der Waals surface area contributed by atoms with Crippen molar-refractivity contribution in [1.29, 1.82) is 0 Å². The van der Waals surface area contributed by atoms with Crippen molar-refractivity contribution >= 4 is 17.5 Å². The summed E-state index contributed by atoms with van der Waals surface area (Å²) in [5.74, 6) is 1.61. The lowest BCUT2D eigenvalue weighted by molar-refractivity contribution is 0.0594. The molecule has 1 saturated heterocycles. The van der Waals surface area contributed by atoms with Gasteiger partial charge in [-0.3, -0.25) is 9.69 Å². The Balaban J connectivity index is 1.27. The van der Waals surface area contributed by atoms with E-state index in [1.807, 2.05) is 4.90 Å². The van der Waals surface area contributed by atoms with Crippen molar-refractivity contribution < 1.29 is 13.9 Å². The predicted octanol–water partition coefficient (Wildman–Crippen LogP) is 4.78.